The fraction of sp³-hybridized carbons (Fsp3) is 0.286. The van der Waals surface area contributed by atoms with E-state index in [1.54, 1.807) is 0 Å². The highest BCUT2D eigenvalue weighted by atomic mass is 16.6. The van der Waals surface area contributed by atoms with Crippen LogP contribution in [0.3, 0.4) is 0 Å². The quantitative estimate of drug-likeness (QED) is 0.509. The monoisotopic (exact) mass is 184 g/mol. The Morgan fingerprint density at radius 1 is 1.62 bits per heavy atom. The van der Waals surface area contributed by atoms with Crippen molar-refractivity contribution in [3.05, 3.63) is 34.1 Å². The number of nitrogens with zero attached hydrogens (tertiary/aromatic N) is 2. The maximum Gasteiger partial charge on any atom is 0.287 e. The number of hydrogen-bond acceptors (Lipinski definition) is 5. The third-order valence-electron chi connectivity index (χ3n) is 1.50. The maximum atomic E-state index is 10.2. The smallest absolute Gasteiger partial charge is 0.287 e. The molecule has 6 heteroatoms. The molecule has 13 heavy (non-hydrogen) atoms. The first-order valence-corrected chi connectivity index (χ1v) is 3.54. The molecule has 2 N–H and O–H groups in total. The fourth-order valence-corrected chi connectivity index (χ4v) is 0.796. The lowest BCUT2D eigenvalue weighted by Gasteiger charge is -2.04. The molecule has 6 nitrogen and oxygen atoms in total. The number of nitro groups is 1. The molecule has 0 aromatic carbocycles. The Morgan fingerprint density at radius 2 is 2.31 bits per heavy atom. The van der Waals surface area contributed by atoms with Gasteiger partial charge >= 0.3 is 0 Å². The standard InChI is InChI=1S/C7H8N2O4/c10-4-7(11)6-2-1-5(3-8-6)9(12)13/h1-3,7,10-11H,4H2. The first kappa shape index (κ1) is 9.56. The highest BCUT2D eigenvalue weighted by Crippen LogP contribution is 2.13. The first-order valence-electron chi connectivity index (χ1n) is 3.54. The molecule has 0 bridgehead atoms. The van der Waals surface area contributed by atoms with E-state index in [0.29, 0.717) is 0 Å². The molecule has 1 heterocycles. The number of aromatic nitrogens is 1. The summed E-state index contributed by atoms with van der Waals surface area (Å²) in [4.78, 5) is 13.2. The second-order valence-corrected chi connectivity index (χ2v) is 2.40. The molecule has 1 rings (SSSR count). The van der Waals surface area contributed by atoms with Crippen molar-refractivity contribution in [3.8, 4) is 0 Å². The molecule has 0 radical (unpaired) electrons. The van der Waals surface area contributed by atoms with Gasteiger partial charge in [-0.05, 0) is 6.07 Å². The lowest BCUT2D eigenvalue weighted by Crippen LogP contribution is -2.04. The van der Waals surface area contributed by atoms with Crippen LogP contribution in [0.1, 0.15) is 11.8 Å². The SMILES string of the molecule is O=[N+]([O-])c1ccc(C(O)CO)nc1. The highest BCUT2D eigenvalue weighted by Gasteiger charge is 2.10. The van der Waals surface area contributed by atoms with Gasteiger partial charge in [0.15, 0.2) is 0 Å². The Morgan fingerprint density at radius 3 is 2.69 bits per heavy atom. The molecule has 0 saturated carbocycles. The van der Waals surface area contributed by atoms with Crippen molar-refractivity contribution in [2.45, 2.75) is 6.10 Å². The Labute approximate surface area is 73.6 Å². The molecular weight excluding hydrogens is 176 g/mol. The summed E-state index contributed by atoms with van der Waals surface area (Å²) in [5.41, 5.74) is 0.0713. The van der Waals surface area contributed by atoms with Gasteiger partial charge in [-0.1, -0.05) is 0 Å². The average molecular weight is 184 g/mol. The van der Waals surface area contributed by atoms with Gasteiger partial charge in [-0.15, -0.1) is 0 Å². The number of hydrogen-bond donors (Lipinski definition) is 2. The van der Waals surface area contributed by atoms with E-state index in [9.17, 15) is 10.1 Å². The van der Waals surface area contributed by atoms with E-state index in [4.69, 9.17) is 10.2 Å². The summed E-state index contributed by atoms with van der Waals surface area (Å²) >= 11 is 0. The molecular formula is C7H8N2O4. The molecule has 1 aromatic heterocycles. The van der Waals surface area contributed by atoms with Crippen molar-refractivity contribution in [2.24, 2.45) is 0 Å². The normalized spacial score (nSPS) is 12.5. The van der Waals surface area contributed by atoms with Crippen molar-refractivity contribution >= 4 is 5.69 Å². The molecule has 0 aliphatic heterocycles. The van der Waals surface area contributed by atoms with E-state index in [2.05, 4.69) is 4.98 Å². The van der Waals surface area contributed by atoms with Gasteiger partial charge < -0.3 is 10.2 Å². The molecule has 0 fully saturated rings. The van der Waals surface area contributed by atoms with Gasteiger partial charge in [-0.2, -0.15) is 0 Å². The molecule has 1 aromatic rings. The topological polar surface area (TPSA) is 96.5 Å². The molecule has 0 aliphatic carbocycles. The van der Waals surface area contributed by atoms with E-state index in [1.807, 2.05) is 0 Å². The van der Waals surface area contributed by atoms with Crippen LogP contribution in [0.25, 0.3) is 0 Å². The Kier molecular flexibility index (Phi) is 2.88. The summed E-state index contributed by atoms with van der Waals surface area (Å²) in [6, 6.07) is 2.53. The summed E-state index contributed by atoms with van der Waals surface area (Å²) in [5, 5.41) is 27.8. The van der Waals surface area contributed by atoms with Crippen LogP contribution in [0.15, 0.2) is 18.3 Å². The number of aliphatic hydroxyl groups is 2. The zero-order chi connectivity index (χ0) is 9.84. The molecule has 0 spiro atoms. The van der Waals surface area contributed by atoms with Gasteiger partial charge in [0.05, 0.1) is 17.2 Å². The zero-order valence-electron chi connectivity index (χ0n) is 6.62. The van der Waals surface area contributed by atoms with Crippen LogP contribution in [0.5, 0.6) is 0 Å². The minimum atomic E-state index is -1.08. The molecule has 0 saturated heterocycles. The van der Waals surface area contributed by atoms with E-state index in [1.165, 1.54) is 12.1 Å². The molecule has 1 unspecified atom stereocenters. The molecule has 1 atom stereocenters. The predicted molar refractivity (Wildman–Crippen MR) is 42.9 cm³/mol. The highest BCUT2D eigenvalue weighted by molar-refractivity contribution is 5.27. The summed E-state index contributed by atoms with van der Waals surface area (Å²) in [6.07, 6.45) is -0.0467. The zero-order valence-corrected chi connectivity index (χ0v) is 6.62. The van der Waals surface area contributed by atoms with Gasteiger partial charge in [-0.3, -0.25) is 15.1 Å². The van der Waals surface area contributed by atoms with Crippen molar-refractivity contribution in [1.29, 1.82) is 0 Å². The van der Waals surface area contributed by atoms with E-state index >= 15 is 0 Å². The summed E-state index contributed by atoms with van der Waals surface area (Å²) in [7, 11) is 0. The molecule has 70 valence electrons. The van der Waals surface area contributed by atoms with E-state index in [0.717, 1.165) is 6.20 Å². The van der Waals surface area contributed by atoms with Crippen LogP contribution < -0.4 is 0 Å². The van der Waals surface area contributed by atoms with Crippen molar-refractivity contribution in [1.82, 2.24) is 4.98 Å². The van der Waals surface area contributed by atoms with Crippen LogP contribution >= 0.6 is 0 Å². The lowest BCUT2D eigenvalue weighted by molar-refractivity contribution is -0.385. The number of pyridine rings is 1. The Hall–Kier alpha value is -1.53. The molecule has 0 aliphatic rings. The summed E-state index contributed by atoms with van der Waals surface area (Å²) in [5.74, 6) is 0. The summed E-state index contributed by atoms with van der Waals surface area (Å²) < 4.78 is 0. The third-order valence-corrected chi connectivity index (χ3v) is 1.50. The van der Waals surface area contributed by atoms with Crippen molar-refractivity contribution in [3.63, 3.8) is 0 Å². The van der Waals surface area contributed by atoms with Gasteiger partial charge in [0, 0.05) is 6.07 Å². The third kappa shape index (κ3) is 2.20. The van der Waals surface area contributed by atoms with Crippen molar-refractivity contribution < 1.29 is 15.1 Å². The molecule has 0 amide bonds. The Balaban J connectivity index is 2.87. The van der Waals surface area contributed by atoms with Gasteiger partial charge in [0.2, 0.25) is 0 Å². The average Bonchev–Trinajstić information content (AvgIpc) is 2.17. The minimum Gasteiger partial charge on any atom is -0.393 e. The van der Waals surface area contributed by atoms with Crippen LogP contribution in [0.4, 0.5) is 5.69 Å². The van der Waals surface area contributed by atoms with Gasteiger partial charge in [-0.25, -0.2) is 0 Å². The minimum absolute atomic E-state index is 0.145. The van der Waals surface area contributed by atoms with Crippen LogP contribution in [-0.2, 0) is 0 Å². The van der Waals surface area contributed by atoms with Gasteiger partial charge in [0.1, 0.15) is 12.3 Å². The number of rotatable bonds is 3. The first-order chi connectivity index (χ1) is 6.15. The predicted octanol–water partition coefficient (Wildman–Crippen LogP) is 0.0155. The second-order valence-electron chi connectivity index (χ2n) is 2.40. The van der Waals surface area contributed by atoms with Crippen LogP contribution in [0, 0.1) is 10.1 Å². The van der Waals surface area contributed by atoms with E-state index in [-0.39, 0.29) is 11.4 Å². The number of aliphatic hydroxyl groups excluding tert-OH is 2. The van der Waals surface area contributed by atoms with Crippen LogP contribution in [0.2, 0.25) is 0 Å². The van der Waals surface area contributed by atoms with Crippen LogP contribution in [-0.4, -0.2) is 26.7 Å². The van der Waals surface area contributed by atoms with Crippen molar-refractivity contribution in [2.75, 3.05) is 6.61 Å². The van der Waals surface area contributed by atoms with Gasteiger partial charge in [0.25, 0.3) is 5.69 Å². The fourth-order valence-electron chi connectivity index (χ4n) is 0.796. The van der Waals surface area contributed by atoms with E-state index < -0.39 is 17.6 Å². The summed E-state index contributed by atoms with van der Waals surface area (Å²) in [6.45, 7) is -0.454. The second kappa shape index (κ2) is 3.92. The lowest BCUT2D eigenvalue weighted by atomic mass is 10.2. The largest absolute Gasteiger partial charge is 0.393 e. The maximum absolute atomic E-state index is 10.2. The Bertz CT molecular complexity index is 298.